The average Bonchev–Trinajstić information content (AvgIpc) is 1.80. The molecule has 0 spiro atoms. The molecule has 0 aromatic heterocycles. The molecule has 0 saturated heterocycles. The van der Waals surface area contributed by atoms with Crippen molar-refractivity contribution in [2.45, 2.75) is 6.18 Å². The van der Waals surface area contributed by atoms with E-state index in [1.807, 2.05) is 0 Å². The normalized spacial score (nSPS) is 10.7. The van der Waals surface area contributed by atoms with Gasteiger partial charge in [0.05, 0.1) is 6.54 Å². The first kappa shape index (κ1) is 9.00. The van der Waals surface area contributed by atoms with Gasteiger partial charge in [0.15, 0.2) is 0 Å². The Labute approximate surface area is 55.7 Å². The Morgan fingerprint density at radius 1 is 1.60 bits per heavy atom. The van der Waals surface area contributed by atoms with Gasteiger partial charge in [-0.25, -0.2) is 5.32 Å². The Hall–Kier alpha value is -1.00. The summed E-state index contributed by atoms with van der Waals surface area (Å²) in [7, 11) is 0. The van der Waals surface area contributed by atoms with Crippen molar-refractivity contribution in [2.75, 3.05) is 6.54 Å². The number of carbonyl (C=O) groups is 1. The lowest BCUT2D eigenvalue weighted by molar-refractivity contribution is -0.173. The lowest BCUT2D eigenvalue weighted by atomic mass is 10.5. The van der Waals surface area contributed by atoms with Crippen LogP contribution in [0.4, 0.5) is 13.2 Å². The molecule has 1 amide bonds. The SMILES string of the molecule is C=CC[N]C(=O)C(F)(F)F. The maximum atomic E-state index is 11.3. The minimum Gasteiger partial charge on any atom is -0.262 e. The number of rotatable bonds is 2. The highest BCUT2D eigenvalue weighted by molar-refractivity contribution is 5.81. The van der Waals surface area contributed by atoms with Gasteiger partial charge >= 0.3 is 12.1 Å². The molecule has 0 aliphatic rings. The van der Waals surface area contributed by atoms with Gasteiger partial charge < -0.3 is 0 Å². The van der Waals surface area contributed by atoms with Crippen LogP contribution in [-0.2, 0) is 4.79 Å². The van der Waals surface area contributed by atoms with Gasteiger partial charge in [-0.05, 0) is 0 Å². The summed E-state index contributed by atoms with van der Waals surface area (Å²) in [6, 6.07) is 0. The third-order valence-corrected chi connectivity index (χ3v) is 0.606. The first-order valence-electron chi connectivity index (χ1n) is 2.38. The molecule has 2 nitrogen and oxygen atoms in total. The molecule has 0 unspecified atom stereocenters. The van der Waals surface area contributed by atoms with Crippen LogP contribution in [0.25, 0.3) is 0 Å². The molecule has 5 heteroatoms. The van der Waals surface area contributed by atoms with Gasteiger partial charge in [0.25, 0.3) is 0 Å². The molecule has 0 fully saturated rings. The fourth-order valence-corrected chi connectivity index (χ4v) is 0.237. The van der Waals surface area contributed by atoms with Gasteiger partial charge in [-0.1, -0.05) is 6.08 Å². The van der Waals surface area contributed by atoms with E-state index in [4.69, 9.17) is 0 Å². The highest BCUT2D eigenvalue weighted by atomic mass is 19.4. The molecule has 0 aliphatic carbocycles. The van der Waals surface area contributed by atoms with Crippen LogP contribution in [0.3, 0.4) is 0 Å². The Kier molecular flexibility index (Phi) is 2.92. The van der Waals surface area contributed by atoms with Gasteiger partial charge in [0, 0.05) is 0 Å². The van der Waals surface area contributed by atoms with E-state index in [2.05, 4.69) is 11.9 Å². The molecule has 0 N–H and O–H groups in total. The van der Waals surface area contributed by atoms with Gasteiger partial charge in [0.2, 0.25) is 0 Å². The largest absolute Gasteiger partial charge is 0.473 e. The van der Waals surface area contributed by atoms with Crippen LogP contribution in [0.1, 0.15) is 0 Å². The lowest BCUT2D eigenvalue weighted by Gasteiger charge is -2.01. The topological polar surface area (TPSA) is 31.2 Å². The first-order valence-corrected chi connectivity index (χ1v) is 2.38. The summed E-state index contributed by atoms with van der Waals surface area (Å²) >= 11 is 0. The van der Waals surface area contributed by atoms with Gasteiger partial charge in [0.1, 0.15) is 0 Å². The third kappa shape index (κ3) is 3.11. The molecule has 0 saturated carbocycles. The molecule has 0 heterocycles. The zero-order chi connectivity index (χ0) is 8.20. The second-order valence-electron chi connectivity index (χ2n) is 1.43. The van der Waals surface area contributed by atoms with Crippen LogP contribution in [0.2, 0.25) is 0 Å². The van der Waals surface area contributed by atoms with Crippen LogP contribution in [0.5, 0.6) is 0 Å². The fourth-order valence-electron chi connectivity index (χ4n) is 0.237. The monoisotopic (exact) mass is 152 g/mol. The van der Waals surface area contributed by atoms with E-state index < -0.39 is 12.1 Å². The van der Waals surface area contributed by atoms with Crippen LogP contribution < -0.4 is 5.32 Å². The van der Waals surface area contributed by atoms with E-state index >= 15 is 0 Å². The molecule has 0 bridgehead atoms. The van der Waals surface area contributed by atoms with E-state index in [1.54, 1.807) is 0 Å². The number of carbonyl (C=O) groups excluding carboxylic acids is 1. The average molecular weight is 152 g/mol. The standard InChI is InChI=1S/C5H5F3NO/c1-2-3-9-4(10)5(6,7)8/h2H,1,3H2. The second kappa shape index (κ2) is 3.24. The van der Waals surface area contributed by atoms with Crippen molar-refractivity contribution in [1.82, 2.24) is 5.32 Å². The summed E-state index contributed by atoms with van der Waals surface area (Å²) in [5.41, 5.74) is 0. The minimum atomic E-state index is -4.84. The van der Waals surface area contributed by atoms with Crippen LogP contribution in [0.15, 0.2) is 12.7 Å². The molecule has 1 radical (unpaired) electrons. The van der Waals surface area contributed by atoms with Crippen molar-refractivity contribution in [2.24, 2.45) is 0 Å². The van der Waals surface area contributed by atoms with E-state index in [-0.39, 0.29) is 6.54 Å². The Morgan fingerprint density at radius 3 is 2.40 bits per heavy atom. The van der Waals surface area contributed by atoms with Gasteiger partial charge in [-0.15, -0.1) is 6.58 Å². The summed E-state index contributed by atoms with van der Waals surface area (Å²) < 4.78 is 33.9. The minimum absolute atomic E-state index is 0.293. The highest BCUT2D eigenvalue weighted by Crippen LogP contribution is 2.14. The summed E-state index contributed by atoms with van der Waals surface area (Å²) in [5.74, 6) is -2.06. The van der Waals surface area contributed by atoms with E-state index in [1.165, 1.54) is 0 Å². The third-order valence-electron chi connectivity index (χ3n) is 0.606. The number of nitrogens with zero attached hydrogens (tertiary/aromatic N) is 1. The van der Waals surface area contributed by atoms with Crippen molar-refractivity contribution in [3.63, 3.8) is 0 Å². The molecule has 57 valence electrons. The van der Waals surface area contributed by atoms with Crippen molar-refractivity contribution >= 4 is 5.91 Å². The zero-order valence-electron chi connectivity index (χ0n) is 4.98. The number of hydrogen-bond donors (Lipinski definition) is 0. The van der Waals surface area contributed by atoms with E-state index in [0.717, 1.165) is 6.08 Å². The van der Waals surface area contributed by atoms with Crippen molar-refractivity contribution in [3.05, 3.63) is 12.7 Å². The maximum absolute atomic E-state index is 11.3. The number of halogens is 3. The molecule has 10 heavy (non-hydrogen) atoms. The molecular weight excluding hydrogens is 147 g/mol. The van der Waals surface area contributed by atoms with E-state index in [9.17, 15) is 18.0 Å². The quantitative estimate of drug-likeness (QED) is 0.540. The Morgan fingerprint density at radius 2 is 2.10 bits per heavy atom. The van der Waals surface area contributed by atoms with Crippen LogP contribution in [-0.4, -0.2) is 18.6 Å². The predicted molar refractivity (Wildman–Crippen MR) is 28.3 cm³/mol. The smallest absolute Gasteiger partial charge is 0.262 e. The summed E-state index contributed by atoms with van der Waals surface area (Å²) in [6.07, 6.45) is -3.73. The number of alkyl halides is 3. The summed E-state index contributed by atoms with van der Waals surface area (Å²) in [6.45, 7) is 2.81. The van der Waals surface area contributed by atoms with Crippen LogP contribution >= 0.6 is 0 Å². The molecule has 0 aliphatic heterocycles. The predicted octanol–water partition coefficient (Wildman–Crippen LogP) is 0.866. The summed E-state index contributed by atoms with van der Waals surface area (Å²) in [5, 5.41) is 2.63. The molecular formula is C5H5F3NO. The van der Waals surface area contributed by atoms with Crippen molar-refractivity contribution in [3.8, 4) is 0 Å². The Bertz CT molecular complexity index is 140. The molecule has 0 atom stereocenters. The van der Waals surface area contributed by atoms with Crippen LogP contribution in [0, 0.1) is 0 Å². The van der Waals surface area contributed by atoms with Crippen molar-refractivity contribution < 1.29 is 18.0 Å². The first-order chi connectivity index (χ1) is 4.48. The van der Waals surface area contributed by atoms with Gasteiger partial charge in [-0.2, -0.15) is 13.2 Å². The lowest BCUT2D eigenvalue weighted by Crippen LogP contribution is -2.31. The fraction of sp³-hybridized carbons (Fsp3) is 0.400. The van der Waals surface area contributed by atoms with Gasteiger partial charge in [-0.3, -0.25) is 4.79 Å². The maximum Gasteiger partial charge on any atom is 0.473 e. The molecule has 0 aromatic carbocycles. The zero-order valence-corrected chi connectivity index (χ0v) is 4.98. The summed E-state index contributed by atoms with van der Waals surface area (Å²) in [4.78, 5) is 9.88. The second-order valence-corrected chi connectivity index (χ2v) is 1.43. The Balaban J connectivity index is 3.74. The number of hydrogen-bond acceptors (Lipinski definition) is 1. The number of amides is 1. The highest BCUT2D eigenvalue weighted by Gasteiger charge is 2.39. The van der Waals surface area contributed by atoms with E-state index in [0.29, 0.717) is 0 Å². The molecule has 0 rings (SSSR count). The molecule has 0 aromatic rings. The van der Waals surface area contributed by atoms with Crippen molar-refractivity contribution in [1.29, 1.82) is 0 Å².